The van der Waals surface area contributed by atoms with Gasteiger partial charge in [0.05, 0.1) is 4.90 Å². The summed E-state index contributed by atoms with van der Waals surface area (Å²) in [7, 11) is -1.37. The number of hydrogen-bond donors (Lipinski definition) is 3. The summed E-state index contributed by atoms with van der Waals surface area (Å²) >= 11 is 0. The van der Waals surface area contributed by atoms with Gasteiger partial charge < -0.3 is 29.6 Å². The summed E-state index contributed by atoms with van der Waals surface area (Å²) in [5, 5.41) is 13.3. The van der Waals surface area contributed by atoms with Crippen molar-refractivity contribution in [2.45, 2.75) is 4.90 Å². The van der Waals surface area contributed by atoms with Gasteiger partial charge in [-0.25, -0.2) is 13.2 Å². The van der Waals surface area contributed by atoms with Gasteiger partial charge in [0, 0.05) is 60.3 Å². The molecule has 0 saturated carbocycles. The normalized spacial score (nSPS) is 14.8. The third kappa shape index (κ3) is 4.93. The molecule has 3 N–H and O–H groups in total. The lowest BCUT2D eigenvalue weighted by molar-refractivity contribution is 0.0691. The molecule has 0 radical (unpaired) electrons. The molecule has 6 rings (SSSR count). The fourth-order valence-electron chi connectivity index (χ4n) is 4.88. The highest BCUT2D eigenvalue weighted by Gasteiger charge is 2.19. The molecule has 200 valence electrons. The molecule has 2 aromatic heterocycles. The Morgan fingerprint density at radius 3 is 2.59 bits per heavy atom. The van der Waals surface area contributed by atoms with Gasteiger partial charge in [0.25, 0.3) is 6.01 Å². The van der Waals surface area contributed by atoms with Crippen molar-refractivity contribution in [3.8, 4) is 11.1 Å². The Balaban J connectivity index is 1.36. The van der Waals surface area contributed by atoms with Crippen LogP contribution in [-0.2, 0) is 9.84 Å². The summed E-state index contributed by atoms with van der Waals surface area (Å²) < 4.78 is 31.1. The standard InChI is InChI=1S/C28H27N5O5S/c1-32-8-10-33(11-9-32)20-14-19(15-21(16-20)39(2,36)37)29-28-31-23-5-3-4-22(26(23)38-28)17-6-7-18-13-25(27(34)35)30-24(18)12-17/h3-7,12-16,30H,8-11H2,1-2H3,(H,29,31)(H,34,35). The van der Waals surface area contributed by atoms with E-state index in [0.29, 0.717) is 22.3 Å². The van der Waals surface area contributed by atoms with Gasteiger partial charge in [-0.15, -0.1) is 0 Å². The number of carboxylic acid groups (broad SMARTS) is 1. The van der Waals surface area contributed by atoms with Gasteiger partial charge in [0.1, 0.15) is 11.2 Å². The number of oxazole rings is 1. The Hall–Kier alpha value is -4.35. The van der Waals surface area contributed by atoms with Crippen molar-refractivity contribution >= 4 is 55.2 Å². The van der Waals surface area contributed by atoms with Crippen molar-refractivity contribution < 1.29 is 22.7 Å². The third-order valence-corrected chi connectivity index (χ3v) is 8.11. The maximum Gasteiger partial charge on any atom is 0.352 e. The quantitative estimate of drug-likeness (QED) is 0.281. The molecule has 0 atom stereocenters. The molecule has 3 aromatic carbocycles. The predicted molar refractivity (Wildman–Crippen MR) is 151 cm³/mol. The first-order valence-corrected chi connectivity index (χ1v) is 14.3. The lowest BCUT2D eigenvalue weighted by Crippen LogP contribution is -2.44. The number of nitrogens with zero attached hydrogens (tertiary/aromatic N) is 3. The number of likely N-dealkylation sites (N-methyl/N-ethyl adjacent to an activating group) is 1. The highest BCUT2D eigenvalue weighted by molar-refractivity contribution is 7.90. The SMILES string of the molecule is CN1CCN(c2cc(Nc3nc4cccc(-c5ccc6cc(C(=O)O)[nH]c6c5)c4o3)cc(S(C)(=O)=O)c2)CC1. The van der Waals surface area contributed by atoms with Crippen LogP contribution in [0.5, 0.6) is 0 Å². The molecule has 0 aliphatic carbocycles. The van der Waals surface area contributed by atoms with E-state index in [1.165, 1.54) is 6.26 Å². The number of H-pyrrole nitrogens is 1. The van der Waals surface area contributed by atoms with Crippen molar-refractivity contribution in [1.29, 1.82) is 0 Å². The van der Waals surface area contributed by atoms with Crippen molar-refractivity contribution in [3.05, 3.63) is 66.4 Å². The fraction of sp³-hybridized carbons (Fsp3) is 0.214. The smallest absolute Gasteiger partial charge is 0.352 e. The van der Waals surface area contributed by atoms with E-state index in [1.54, 1.807) is 18.2 Å². The third-order valence-electron chi connectivity index (χ3n) is 7.02. The molecule has 0 bridgehead atoms. The first kappa shape index (κ1) is 25.0. The Kier molecular flexibility index (Phi) is 6.04. The Labute approximate surface area is 224 Å². The minimum atomic E-state index is -3.45. The van der Waals surface area contributed by atoms with Gasteiger partial charge in [0.2, 0.25) is 0 Å². The van der Waals surface area contributed by atoms with E-state index >= 15 is 0 Å². The molecule has 5 aromatic rings. The number of carboxylic acids is 1. The first-order valence-electron chi connectivity index (χ1n) is 12.5. The highest BCUT2D eigenvalue weighted by Crippen LogP contribution is 2.34. The Bertz CT molecular complexity index is 1830. The van der Waals surface area contributed by atoms with Crippen LogP contribution in [-0.4, -0.2) is 73.8 Å². The van der Waals surface area contributed by atoms with Crippen molar-refractivity contribution in [1.82, 2.24) is 14.9 Å². The van der Waals surface area contributed by atoms with Crippen LogP contribution < -0.4 is 10.2 Å². The molecule has 1 aliphatic rings. The fourth-order valence-corrected chi connectivity index (χ4v) is 5.56. The minimum absolute atomic E-state index is 0.124. The molecule has 0 amide bonds. The first-order chi connectivity index (χ1) is 18.6. The van der Waals surface area contributed by atoms with E-state index in [1.807, 2.05) is 42.5 Å². The van der Waals surface area contributed by atoms with Crippen LogP contribution in [0, 0.1) is 0 Å². The van der Waals surface area contributed by atoms with Gasteiger partial charge in [-0.1, -0.05) is 24.3 Å². The molecule has 10 nitrogen and oxygen atoms in total. The van der Waals surface area contributed by atoms with E-state index in [9.17, 15) is 18.3 Å². The number of carbonyl (C=O) groups is 1. The molecule has 11 heteroatoms. The zero-order valence-corrected chi connectivity index (χ0v) is 22.2. The Morgan fingerprint density at radius 2 is 1.85 bits per heavy atom. The van der Waals surface area contributed by atoms with Crippen molar-refractivity contribution in [3.63, 3.8) is 0 Å². The summed E-state index contributed by atoms with van der Waals surface area (Å²) in [6.07, 6.45) is 1.20. The van der Waals surface area contributed by atoms with Crippen LogP contribution in [0.25, 0.3) is 33.1 Å². The van der Waals surface area contributed by atoms with Crippen LogP contribution in [0.1, 0.15) is 10.5 Å². The molecule has 3 heterocycles. The van der Waals surface area contributed by atoms with E-state index in [0.717, 1.165) is 48.4 Å². The van der Waals surface area contributed by atoms with Crippen LogP contribution in [0.4, 0.5) is 17.4 Å². The number of rotatable bonds is 6. The predicted octanol–water partition coefficient (Wildman–Crippen LogP) is 4.57. The molecular formula is C28H27N5O5S. The number of hydrogen-bond acceptors (Lipinski definition) is 8. The maximum absolute atomic E-state index is 12.5. The zero-order valence-electron chi connectivity index (χ0n) is 21.4. The van der Waals surface area contributed by atoms with E-state index in [2.05, 4.69) is 32.1 Å². The van der Waals surface area contributed by atoms with E-state index in [4.69, 9.17) is 4.42 Å². The van der Waals surface area contributed by atoms with Gasteiger partial charge in [-0.2, -0.15) is 4.98 Å². The topological polar surface area (TPSA) is 132 Å². The number of benzene rings is 3. The van der Waals surface area contributed by atoms with Gasteiger partial charge in [-0.05, 0) is 49.0 Å². The average molecular weight is 546 g/mol. The summed E-state index contributed by atoms with van der Waals surface area (Å²) in [5.74, 6) is -1.02. The lowest BCUT2D eigenvalue weighted by atomic mass is 10.0. The lowest BCUT2D eigenvalue weighted by Gasteiger charge is -2.34. The van der Waals surface area contributed by atoms with Gasteiger partial charge >= 0.3 is 5.97 Å². The van der Waals surface area contributed by atoms with Gasteiger partial charge in [0.15, 0.2) is 15.4 Å². The number of nitrogens with one attached hydrogen (secondary N) is 2. The molecule has 1 fully saturated rings. The number of piperazine rings is 1. The molecule has 1 saturated heterocycles. The van der Waals surface area contributed by atoms with Crippen LogP contribution >= 0.6 is 0 Å². The monoisotopic (exact) mass is 545 g/mol. The Morgan fingerprint density at radius 1 is 1.05 bits per heavy atom. The number of anilines is 3. The minimum Gasteiger partial charge on any atom is -0.477 e. The zero-order chi connectivity index (χ0) is 27.3. The number of sulfone groups is 1. The molecule has 1 aliphatic heterocycles. The summed E-state index contributed by atoms with van der Waals surface area (Å²) in [4.78, 5) is 23.5. The largest absolute Gasteiger partial charge is 0.477 e. The second-order valence-corrected chi connectivity index (χ2v) is 11.9. The summed E-state index contributed by atoms with van der Waals surface area (Å²) in [5.41, 5.74) is 5.04. The number of aromatic nitrogens is 2. The highest BCUT2D eigenvalue weighted by atomic mass is 32.2. The number of aromatic carboxylic acids is 1. The second kappa shape index (κ2) is 9.44. The molecule has 0 spiro atoms. The average Bonchev–Trinajstić information content (AvgIpc) is 3.51. The van der Waals surface area contributed by atoms with E-state index in [-0.39, 0.29) is 16.6 Å². The maximum atomic E-state index is 12.5. The summed E-state index contributed by atoms with van der Waals surface area (Å²) in [6.45, 7) is 3.39. The molecule has 0 unspecified atom stereocenters. The number of para-hydroxylation sites is 1. The second-order valence-electron chi connectivity index (χ2n) is 9.87. The van der Waals surface area contributed by atoms with Crippen LogP contribution in [0.3, 0.4) is 0 Å². The molecular weight excluding hydrogens is 518 g/mol. The molecule has 39 heavy (non-hydrogen) atoms. The van der Waals surface area contributed by atoms with Crippen LogP contribution in [0.15, 0.2) is 70.0 Å². The van der Waals surface area contributed by atoms with E-state index < -0.39 is 15.8 Å². The summed E-state index contributed by atoms with van der Waals surface area (Å²) in [6, 6.07) is 18.3. The van der Waals surface area contributed by atoms with Crippen LogP contribution in [0.2, 0.25) is 0 Å². The number of aromatic amines is 1. The van der Waals surface area contributed by atoms with Crippen molar-refractivity contribution in [2.24, 2.45) is 0 Å². The van der Waals surface area contributed by atoms with Gasteiger partial charge in [-0.3, -0.25) is 0 Å². The van der Waals surface area contributed by atoms with Crippen molar-refractivity contribution in [2.75, 3.05) is 49.7 Å². The number of fused-ring (bicyclic) bond motifs is 2.